The lowest BCUT2D eigenvalue weighted by Crippen LogP contribution is -2.27. The molecule has 0 atom stereocenters. The second kappa shape index (κ2) is 6.06. The van der Waals surface area contributed by atoms with E-state index >= 15 is 0 Å². The van der Waals surface area contributed by atoms with E-state index in [0.29, 0.717) is 11.2 Å². The molecule has 9 nitrogen and oxygen atoms in total. The minimum Gasteiger partial charge on any atom is -0.464 e. The Morgan fingerprint density at radius 2 is 1.88 bits per heavy atom. The molecule has 0 aliphatic heterocycles. The van der Waals surface area contributed by atoms with Gasteiger partial charge >= 0.3 is 6.09 Å². The van der Waals surface area contributed by atoms with Gasteiger partial charge in [0.25, 0.3) is 10.0 Å². The van der Waals surface area contributed by atoms with Crippen molar-refractivity contribution in [2.45, 2.75) is 18.7 Å². The SMILES string of the molecule is Cc1ccc(S(=O)(=O)n2c(C)cc3nc(NNC(=O)O)cnc32)cc1. The van der Waals surface area contributed by atoms with Gasteiger partial charge in [-0.15, -0.1) is 0 Å². The number of benzene rings is 1. The van der Waals surface area contributed by atoms with Crippen LogP contribution in [0, 0.1) is 13.8 Å². The van der Waals surface area contributed by atoms with Crippen molar-refractivity contribution in [3.8, 4) is 0 Å². The zero-order chi connectivity index (χ0) is 18.2. The maximum absolute atomic E-state index is 12.9. The van der Waals surface area contributed by atoms with Gasteiger partial charge in [0.05, 0.1) is 11.1 Å². The maximum Gasteiger partial charge on any atom is 0.423 e. The van der Waals surface area contributed by atoms with Crippen LogP contribution in [-0.2, 0) is 10.0 Å². The predicted molar refractivity (Wildman–Crippen MR) is 90.8 cm³/mol. The summed E-state index contributed by atoms with van der Waals surface area (Å²) < 4.78 is 27.0. The first-order valence-corrected chi connectivity index (χ1v) is 8.65. The summed E-state index contributed by atoms with van der Waals surface area (Å²) >= 11 is 0. The van der Waals surface area contributed by atoms with E-state index in [1.165, 1.54) is 18.3 Å². The molecule has 0 radical (unpaired) electrons. The largest absolute Gasteiger partial charge is 0.464 e. The van der Waals surface area contributed by atoms with Crippen LogP contribution in [0.4, 0.5) is 10.6 Å². The van der Waals surface area contributed by atoms with Gasteiger partial charge in [0.2, 0.25) is 0 Å². The number of carboxylic acid groups (broad SMARTS) is 1. The standard InChI is InChI=1S/C15H15N5O4S/c1-9-3-5-11(6-4-9)25(23,24)20-10(2)7-12-14(20)16-8-13(17-12)18-19-15(21)22/h3-8,19H,1-2H3,(H,17,18)(H,21,22). The smallest absolute Gasteiger partial charge is 0.423 e. The Hall–Kier alpha value is -3.14. The lowest BCUT2D eigenvalue weighted by Gasteiger charge is -2.10. The summed E-state index contributed by atoms with van der Waals surface area (Å²) in [4.78, 5) is 18.9. The highest BCUT2D eigenvalue weighted by Gasteiger charge is 2.23. The first kappa shape index (κ1) is 16.7. The quantitative estimate of drug-likeness (QED) is 0.606. The van der Waals surface area contributed by atoms with Gasteiger partial charge in [-0.1, -0.05) is 17.7 Å². The van der Waals surface area contributed by atoms with Gasteiger partial charge in [-0.2, -0.15) is 0 Å². The lowest BCUT2D eigenvalue weighted by atomic mass is 10.2. The number of hydrogen-bond donors (Lipinski definition) is 3. The zero-order valence-corrected chi connectivity index (χ0v) is 14.2. The van der Waals surface area contributed by atoms with Crippen molar-refractivity contribution in [3.05, 3.63) is 47.8 Å². The normalized spacial score (nSPS) is 11.4. The zero-order valence-electron chi connectivity index (χ0n) is 13.4. The molecular formula is C15H15N5O4S. The third kappa shape index (κ3) is 3.11. The van der Waals surface area contributed by atoms with Crippen LogP contribution in [0.25, 0.3) is 11.2 Å². The number of hydrogen-bond acceptors (Lipinski definition) is 6. The third-order valence-corrected chi connectivity index (χ3v) is 5.30. The number of nitrogens with one attached hydrogen (secondary N) is 2. The summed E-state index contributed by atoms with van der Waals surface area (Å²) in [6.07, 6.45) is -0.0311. The molecule has 10 heteroatoms. The summed E-state index contributed by atoms with van der Waals surface area (Å²) in [6.45, 7) is 3.51. The first-order valence-electron chi connectivity index (χ1n) is 7.21. The Morgan fingerprint density at radius 1 is 1.20 bits per heavy atom. The Kier molecular flexibility index (Phi) is 4.05. The molecule has 0 unspecified atom stereocenters. The molecular weight excluding hydrogens is 346 g/mol. The van der Waals surface area contributed by atoms with E-state index in [1.54, 1.807) is 25.1 Å². The molecule has 0 aliphatic carbocycles. The molecule has 3 N–H and O–H groups in total. The molecule has 1 amide bonds. The average Bonchev–Trinajstić information content (AvgIpc) is 2.89. The minimum atomic E-state index is -3.82. The molecule has 0 spiro atoms. The monoisotopic (exact) mass is 361 g/mol. The Balaban J connectivity index is 2.08. The first-order chi connectivity index (χ1) is 11.8. The molecule has 2 aromatic heterocycles. The summed E-state index contributed by atoms with van der Waals surface area (Å²) in [7, 11) is -3.82. The number of rotatable bonds is 4. The van der Waals surface area contributed by atoms with E-state index in [4.69, 9.17) is 5.11 Å². The molecule has 0 saturated carbocycles. The van der Waals surface area contributed by atoms with E-state index in [2.05, 4.69) is 15.4 Å². The van der Waals surface area contributed by atoms with Crippen molar-refractivity contribution in [2.24, 2.45) is 0 Å². The van der Waals surface area contributed by atoms with E-state index < -0.39 is 16.1 Å². The van der Waals surface area contributed by atoms with Gasteiger partial charge in [-0.25, -0.2) is 32.6 Å². The fourth-order valence-corrected chi connectivity index (χ4v) is 3.86. The maximum atomic E-state index is 12.9. The predicted octanol–water partition coefficient (Wildman–Crippen LogP) is 1.88. The average molecular weight is 361 g/mol. The molecule has 0 aliphatic rings. The van der Waals surface area contributed by atoms with Gasteiger partial charge in [0, 0.05) is 5.69 Å². The fraction of sp³-hybridized carbons (Fsp3) is 0.133. The van der Waals surface area contributed by atoms with Crippen molar-refractivity contribution in [3.63, 3.8) is 0 Å². The highest BCUT2D eigenvalue weighted by atomic mass is 32.2. The second-order valence-electron chi connectivity index (χ2n) is 5.39. The molecule has 0 bridgehead atoms. The van der Waals surface area contributed by atoms with Crippen molar-refractivity contribution in [2.75, 3.05) is 5.43 Å². The molecule has 25 heavy (non-hydrogen) atoms. The van der Waals surface area contributed by atoms with Crippen molar-refractivity contribution in [1.82, 2.24) is 19.4 Å². The molecule has 3 aromatic rings. The van der Waals surface area contributed by atoms with Crippen LogP contribution >= 0.6 is 0 Å². The number of hydrazine groups is 1. The number of anilines is 1. The van der Waals surface area contributed by atoms with Crippen molar-refractivity contribution >= 4 is 33.1 Å². The van der Waals surface area contributed by atoms with Gasteiger partial charge in [0.15, 0.2) is 11.5 Å². The number of nitrogens with zero attached hydrogens (tertiary/aromatic N) is 3. The molecule has 3 rings (SSSR count). The van der Waals surface area contributed by atoms with Crippen LogP contribution in [0.2, 0.25) is 0 Å². The van der Waals surface area contributed by atoms with Crippen molar-refractivity contribution in [1.29, 1.82) is 0 Å². The van der Waals surface area contributed by atoms with Gasteiger partial charge in [-0.3, -0.25) is 5.43 Å². The highest BCUT2D eigenvalue weighted by Crippen LogP contribution is 2.24. The van der Waals surface area contributed by atoms with Crippen LogP contribution in [-0.4, -0.2) is 33.6 Å². The van der Waals surface area contributed by atoms with E-state index in [0.717, 1.165) is 9.54 Å². The Bertz CT molecular complexity index is 1060. The summed E-state index contributed by atoms with van der Waals surface area (Å²) in [6, 6.07) is 8.09. The van der Waals surface area contributed by atoms with Gasteiger partial charge in [0.1, 0.15) is 5.52 Å². The van der Waals surface area contributed by atoms with E-state index in [1.807, 2.05) is 12.3 Å². The number of amides is 1. The minimum absolute atomic E-state index is 0.148. The molecule has 2 heterocycles. The summed E-state index contributed by atoms with van der Waals surface area (Å²) in [5.74, 6) is 0.153. The topological polar surface area (TPSA) is 126 Å². The summed E-state index contributed by atoms with van der Waals surface area (Å²) in [5, 5.41) is 8.58. The molecule has 130 valence electrons. The fourth-order valence-electron chi connectivity index (χ4n) is 2.37. The Morgan fingerprint density at radius 3 is 2.52 bits per heavy atom. The van der Waals surface area contributed by atoms with Crippen LogP contribution in [0.1, 0.15) is 11.3 Å². The third-order valence-electron chi connectivity index (χ3n) is 3.49. The lowest BCUT2D eigenvalue weighted by molar-refractivity contribution is 0.197. The van der Waals surface area contributed by atoms with Crippen LogP contribution in [0.3, 0.4) is 0 Å². The van der Waals surface area contributed by atoms with Gasteiger partial charge in [-0.05, 0) is 32.0 Å². The van der Waals surface area contributed by atoms with E-state index in [9.17, 15) is 13.2 Å². The van der Waals surface area contributed by atoms with E-state index in [-0.39, 0.29) is 16.4 Å². The molecule has 0 fully saturated rings. The van der Waals surface area contributed by atoms with Gasteiger partial charge < -0.3 is 5.11 Å². The molecule has 1 aromatic carbocycles. The van der Waals surface area contributed by atoms with Crippen LogP contribution in [0.5, 0.6) is 0 Å². The Labute approximate surface area is 143 Å². The van der Waals surface area contributed by atoms with Crippen LogP contribution < -0.4 is 10.9 Å². The number of fused-ring (bicyclic) bond motifs is 1. The number of aromatic nitrogens is 3. The number of carbonyl (C=O) groups is 1. The second-order valence-corrected chi connectivity index (χ2v) is 7.17. The number of aryl methyl sites for hydroxylation is 2. The van der Waals surface area contributed by atoms with Crippen LogP contribution in [0.15, 0.2) is 41.4 Å². The van der Waals surface area contributed by atoms with Crippen molar-refractivity contribution < 1.29 is 18.3 Å². The molecule has 0 saturated heterocycles. The summed E-state index contributed by atoms with van der Waals surface area (Å²) in [5.41, 5.74) is 6.19. The highest BCUT2D eigenvalue weighted by molar-refractivity contribution is 7.90.